The van der Waals surface area contributed by atoms with E-state index in [1.165, 1.54) is 4.90 Å². The first-order chi connectivity index (χ1) is 7.74. The highest BCUT2D eigenvalue weighted by molar-refractivity contribution is 7.99. The van der Waals surface area contributed by atoms with Gasteiger partial charge in [0.2, 0.25) is 0 Å². The van der Waals surface area contributed by atoms with Crippen molar-refractivity contribution in [3.05, 3.63) is 30.3 Å². The van der Waals surface area contributed by atoms with Crippen LogP contribution in [0.1, 0.15) is 13.8 Å². The minimum Gasteiger partial charge on any atom is -0.329 e. The molecule has 2 nitrogen and oxygen atoms in total. The first kappa shape index (κ1) is 13.6. The fourth-order valence-electron chi connectivity index (χ4n) is 1.59. The van der Waals surface area contributed by atoms with E-state index in [2.05, 4.69) is 49.1 Å². The van der Waals surface area contributed by atoms with Gasteiger partial charge in [-0.05, 0) is 26.0 Å². The third-order valence-corrected chi connectivity index (χ3v) is 3.53. The summed E-state index contributed by atoms with van der Waals surface area (Å²) >= 11 is 1.91. The zero-order chi connectivity index (χ0) is 11.8. The quantitative estimate of drug-likeness (QED) is 0.740. The fourth-order valence-corrected chi connectivity index (χ4v) is 2.50. The van der Waals surface area contributed by atoms with Gasteiger partial charge in [0.05, 0.1) is 0 Å². The van der Waals surface area contributed by atoms with Gasteiger partial charge >= 0.3 is 0 Å². The molecule has 0 unspecified atom stereocenters. The predicted octanol–water partition coefficient (Wildman–Crippen LogP) is 2.45. The monoisotopic (exact) mass is 238 g/mol. The molecule has 1 rings (SSSR count). The van der Waals surface area contributed by atoms with Gasteiger partial charge in [-0.1, -0.05) is 18.2 Å². The number of rotatable bonds is 7. The van der Waals surface area contributed by atoms with Crippen LogP contribution >= 0.6 is 11.8 Å². The number of hydrogen-bond acceptors (Lipinski definition) is 3. The summed E-state index contributed by atoms with van der Waals surface area (Å²) < 4.78 is 0. The molecule has 1 aromatic rings. The van der Waals surface area contributed by atoms with Crippen LogP contribution in [0.4, 0.5) is 0 Å². The molecule has 3 heteroatoms. The molecule has 0 saturated heterocycles. The van der Waals surface area contributed by atoms with Gasteiger partial charge < -0.3 is 5.73 Å². The van der Waals surface area contributed by atoms with E-state index in [9.17, 15) is 0 Å². The van der Waals surface area contributed by atoms with Crippen LogP contribution in [-0.4, -0.2) is 36.3 Å². The maximum absolute atomic E-state index is 5.60. The van der Waals surface area contributed by atoms with E-state index < -0.39 is 0 Å². The Bertz CT molecular complexity index is 275. The third kappa shape index (κ3) is 5.01. The highest BCUT2D eigenvalue weighted by atomic mass is 32.2. The van der Waals surface area contributed by atoms with Crippen LogP contribution in [0.25, 0.3) is 0 Å². The Hall–Kier alpha value is -0.510. The summed E-state index contributed by atoms with van der Waals surface area (Å²) in [4.78, 5) is 3.77. The van der Waals surface area contributed by atoms with Crippen molar-refractivity contribution in [2.75, 3.05) is 25.4 Å². The highest BCUT2D eigenvalue weighted by Gasteiger charge is 2.07. The Kier molecular flexibility index (Phi) is 6.53. The average Bonchev–Trinajstić information content (AvgIpc) is 2.29. The summed E-state index contributed by atoms with van der Waals surface area (Å²) in [6.45, 7) is 7.29. The van der Waals surface area contributed by atoms with Gasteiger partial charge in [-0.2, -0.15) is 0 Å². The molecule has 0 saturated carbocycles. The Morgan fingerprint density at radius 2 is 1.88 bits per heavy atom. The Balaban J connectivity index is 2.28. The van der Waals surface area contributed by atoms with Crippen LogP contribution in [0.2, 0.25) is 0 Å². The molecule has 16 heavy (non-hydrogen) atoms. The van der Waals surface area contributed by atoms with Gasteiger partial charge in [-0.25, -0.2) is 0 Å². The smallest absolute Gasteiger partial charge is 0.0108 e. The molecular weight excluding hydrogens is 216 g/mol. The zero-order valence-corrected chi connectivity index (χ0v) is 11.0. The summed E-state index contributed by atoms with van der Waals surface area (Å²) in [5.74, 6) is 1.13. The van der Waals surface area contributed by atoms with Crippen molar-refractivity contribution >= 4 is 11.8 Å². The molecule has 0 spiro atoms. The molecular formula is C13H22N2S. The molecule has 90 valence electrons. The lowest BCUT2D eigenvalue weighted by Gasteiger charge is -2.25. The predicted molar refractivity (Wildman–Crippen MR) is 72.9 cm³/mol. The molecule has 0 aliphatic carbocycles. The lowest BCUT2D eigenvalue weighted by Crippen LogP contribution is -2.36. The molecule has 0 fully saturated rings. The Morgan fingerprint density at radius 1 is 1.19 bits per heavy atom. The zero-order valence-electron chi connectivity index (χ0n) is 10.2. The van der Waals surface area contributed by atoms with Crippen molar-refractivity contribution in [3.63, 3.8) is 0 Å². The standard InChI is InChI=1S/C13H22N2S/c1-12(2)15(9-8-14)10-11-16-13-6-4-3-5-7-13/h3-7,12H,8-11,14H2,1-2H3. The van der Waals surface area contributed by atoms with Crippen LogP contribution in [0.15, 0.2) is 35.2 Å². The van der Waals surface area contributed by atoms with Gasteiger partial charge in [0.25, 0.3) is 0 Å². The second-order valence-electron chi connectivity index (χ2n) is 4.08. The first-order valence-electron chi connectivity index (χ1n) is 5.86. The normalized spacial score (nSPS) is 11.3. The van der Waals surface area contributed by atoms with E-state index in [-0.39, 0.29) is 0 Å². The average molecular weight is 238 g/mol. The maximum Gasteiger partial charge on any atom is 0.0108 e. The van der Waals surface area contributed by atoms with Crippen molar-refractivity contribution in [2.24, 2.45) is 5.73 Å². The van der Waals surface area contributed by atoms with E-state index in [0.717, 1.165) is 25.4 Å². The molecule has 0 bridgehead atoms. The summed E-state index contributed by atoms with van der Waals surface area (Å²) in [6, 6.07) is 11.1. The molecule has 0 aromatic heterocycles. The number of thioether (sulfide) groups is 1. The Labute approximate surface area is 103 Å². The first-order valence-corrected chi connectivity index (χ1v) is 6.84. The summed E-state index contributed by atoms with van der Waals surface area (Å²) in [5, 5.41) is 0. The van der Waals surface area contributed by atoms with E-state index >= 15 is 0 Å². The molecule has 0 amide bonds. The van der Waals surface area contributed by atoms with Crippen LogP contribution in [0.5, 0.6) is 0 Å². The fraction of sp³-hybridized carbons (Fsp3) is 0.538. The highest BCUT2D eigenvalue weighted by Crippen LogP contribution is 2.17. The van der Waals surface area contributed by atoms with Crippen molar-refractivity contribution in [1.29, 1.82) is 0 Å². The van der Waals surface area contributed by atoms with E-state index in [1.54, 1.807) is 0 Å². The minimum absolute atomic E-state index is 0.583. The third-order valence-electron chi connectivity index (χ3n) is 2.54. The van der Waals surface area contributed by atoms with Crippen LogP contribution < -0.4 is 5.73 Å². The SMILES string of the molecule is CC(C)N(CCN)CCSc1ccccc1. The van der Waals surface area contributed by atoms with Crippen molar-refractivity contribution in [3.8, 4) is 0 Å². The summed E-state index contributed by atoms with van der Waals surface area (Å²) in [6.07, 6.45) is 0. The molecule has 1 aromatic carbocycles. The van der Waals surface area contributed by atoms with Crippen LogP contribution in [0.3, 0.4) is 0 Å². The largest absolute Gasteiger partial charge is 0.329 e. The van der Waals surface area contributed by atoms with E-state index in [0.29, 0.717) is 6.04 Å². The van der Waals surface area contributed by atoms with Gasteiger partial charge in [0.1, 0.15) is 0 Å². The molecule has 0 aliphatic rings. The number of benzene rings is 1. The van der Waals surface area contributed by atoms with Crippen molar-refractivity contribution in [1.82, 2.24) is 4.90 Å². The summed E-state index contributed by atoms with van der Waals surface area (Å²) in [7, 11) is 0. The van der Waals surface area contributed by atoms with E-state index in [4.69, 9.17) is 5.73 Å². The van der Waals surface area contributed by atoms with E-state index in [1.807, 2.05) is 11.8 Å². The van der Waals surface area contributed by atoms with Gasteiger partial charge in [-0.15, -0.1) is 11.8 Å². The second-order valence-corrected chi connectivity index (χ2v) is 5.25. The van der Waals surface area contributed by atoms with Gasteiger partial charge in [-0.3, -0.25) is 4.90 Å². The summed E-state index contributed by atoms with van der Waals surface area (Å²) in [5.41, 5.74) is 5.60. The van der Waals surface area contributed by atoms with Gasteiger partial charge in [0, 0.05) is 36.3 Å². The molecule has 0 radical (unpaired) electrons. The number of nitrogens with zero attached hydrogens (tertiary/aromatic N) is 1. The van der Waals surface area contributed by atoms with Gasteiger partial charge in [0.15, 0.2) is 0 Å². The molecule has 2 N–H and O–H groups in total. The topological polar surface area (TPSA) is 29.3 Å². The lowest BCUT2D eigenvalue weighted by molar-refractivity contribution is 0.242. The molecule has 0 aliphatic heterocycles. The van der Waals surface area contributed by atoms with Crippen molar-refractivity contribution in [2.45, 2.75) is 24.8 Å². The lowest BCUT2D eigenvalue weighted by atomic mass is 10.3. The maximum atomic E-state index is 5.60. The van der Waals surface area contributed by atoms with Crippen LogP contribution in [0, 0.1) is 0 Å². The van der Waals surface area contributed by atoms with Crippen LogP contribution in [-0.2, 0) is 0 Å². The second kappa shape index (κ2) is 7.71. The Morgan fingerprint density at radius 3 is 2.44 bits per heavy atom. The number of hydrogen-bond donors (Lipinski definition) is 1. The molecule has 0 atom stereocenters. The van der Waals surface area contributed by atoms with Crippen molar-refractivity contribution < 1.29 is 0 Å². The minimum atomic E-state index is 0.583. The molecule has 0 heterocycles. The number of nitrogens with two attached hydrogens (primary N) is 1.